The largest absolute Gasteiger partial charge is 0.416 e. The highest BCUT2D eigenvalue weighted by molar-refractivity contribution is 5.28. The average Bonchev–Trinajstić information content (AvgIpc) is 2.29. The summed E-state index contributed by atoms with van der Waals surface area (Å²) in [4.78, 5) is 0. The van der Waals surface area contributed by atoms with E-state index in [4.69, 9.17) is 0 Å². The molecule has 1 heterocycles. The fourth-order valence-electron chi connectivity index (χ4n) is 2.10. The van der Waals surface area contributed by atoms with Crippen LogP contribution in [0.2, 0.25) is 0 Å². The second-order valence-corrected chi connectivity index (χ2v) is 4.24. The van der Waals surface area contributed by atoms with Crippen molar-refractivity contribution < 1.29 is 17.6 Å². The lowest BCUT2D eigenvalue weighted by atomic mass is 9.96. The molecule has 0 bridgehead atoms. The molecule has 1 aromatic rings. The Bertz CT molecular complexity index is 394. The molecule has 1 fully saturated rings. The molecular formula is C12H13F4N. The van der Waals surface area contributed by atoms with Gasteiger partial charge >= 0.3 is 6.18 Å². The van der Waals surface area contributed by atoms with Gasteiger partial charge in [0.25, 0.3) is 0 Å². The van der Waals surface area contributed by atoms with Crippen LogP contribution in [0.3, 0.4) is 0 Å². The summed E-state index contributed by atoms with van der Waals surface area (Å²) in [6.45, 7) is 0.783. The first-order valence-electron chi connectivity index (χ1n) is 5.58. The highest BCUT2D eigenvalue weighted by Crippen LogP contribution is 2.32. The minimum Gasteiger partial charge on any atom is -0.310 e. The smallest absolute Gasteiger partial charge is 0.310 e. The molecule has 0 amide bonds. The highest BCUT2D eigenvalue weighted by Gasteiger charge is 2.31. The van der Waals surface area contributed by atoms with Crippen LogP contribution >= 0.6 is 0 Å². The first-order chi connectivity index (χ1) is 7.98. The molecule has 94 valence electrons. The Hall–Kier alpha value is -1.10. The maximum Gasteiger partial charge on any atom is 0.416 e. The molecule has 0 unspecified atom stereocenters. The van der Waals surface area contributed by atoms with Crippen molar-refractivity contribution in [1.29, 1.82) is 0 Å². The number of benzene rings is 1. The van der Waals surface area contributed by atoms with Crippen LogP contribution in [0.15, 0.2) is 18.2 Å². The standard InChI is InChI=1S/C12H13F4N/c13-10-7-8(12(14,15)16)4-5-9(10)11-3-1-2-6-17-11/h4-5,7,11,17H,1-3,6H2/t11-/m1/s1. The molecule has 1 atom stereocenters. The van der Waals surface area contributed by atoms with Crippen LogP contribution < -0.4 is 5.32 Å². The molecule has 5 heteroatoms. The molecular weight excluding hydrogens is 234 g/mol. The van der Waals surface area contributed by atoms with Gasteiger partial charge in [-0.25, -0.2) is 4.39 Å². The van der Waals surface area contributed by atoms with Gasteiger partial charge in [-0.3, -0.25) is 0 Å². The van der Waals surface area contributed by atoms with E-state index in [9.17, 15) is 17.6 Å². The molecule has 0 aromatic heterocycles. The Morgan fingerprint density at radius 2 is 1.94 bits per heavy atom. The van der Waals surface area contributed by atoms with Crippen LogP contribution in [0, 0.1) is 5.82 Å². The van der Waals surface area contributed by atoms with E-state index in [1.165, 1.54) is 6.07 Å². The van der Waals surface area contributed by atoms with Gasteiger partial charge in [0.05, 0.1) is 5.56 Å². The van der Waals surface area contributed by atoms with Crippen LogP contribution in [0.25, 0.3) is 0 Å². The zero-order chi connectivity index (χ0) is 12.5. The lowest BCUT2D eigenvalue weighted by Crippen LogP contribution is -2.27. The summed E-state index contributed by atoms with van der Waals surface area (Å²) in [6, 6.07) is 2.59. The molecule has 0 radical (unpaired) electrons. The first kappa shape index (κ1) is 12.4. The van der Waals surface area contributed by atoms with Crippen molar-refractivity contribution in [2.45, 2.75) is 31.5 Å². The monoisotopic (exact) mass is 247 g/mol. The second-order valence-electron chi connectivity index (χ2n) is 4.24. The van der Waals surface area contributed by atoms with Crippen molar-refractivity contribution in [1.82, 2.24) is 5.32 Å². The number of rotatable bonds is 1. The van der Waals surface area contributed by atoms with Gasteiger partial charge < -0.3 is 5.32 Å². The number of piperidine rings is 1. The van der Waals surface area contributed by atoms with Gasteiger partial charge in [0.2, 0.25) is 0 Å². The third-order valence-corrected chi connectivity index (χ3v) is 3.01. The first-order valence-corrected chi connectivity index (χ1v) is 5.58. The second kappa shape index (κ2) is 4.64. The van der Waals surface area contributed by atoms with E-state index in [2.05, 4.69) is 5.32 Å². The molecule has 0 saturated carbocycles. The fourth-order valence-corrected chi connectivity index (χ4v) is 2.10. The normalized spacial score (nSPS) is 21.5. The van der Waals surface area contributed by atoms with Gasteiger partial charge in [0.1, 0.15) is 5.82 Å². The van der Waals surface area contributed by atoms with E-state index in [1.807, 2.05) is 0 Å². The quantitative estimate of drug-likeness (QED) is 0.747. The van der Waals surface area contributed by atoms with Crippen molar-refractivity contribution in [3.63, 3.8) is 0 Å². The van der Waals surface area contributed by atoms with Crippen molar-refractivity contribution in [3.8, 4) is 0 Å². The van der Waals surface area contributed by atoms with Gasteiger partial charge in [0.15, 0.2) is 0 Å². The number of hydrogen-bond donors (Lipinski definition) is 1. The average molecular weight is 247 g/mol. The molecule has 1 aromatic carbocycles. The van der Waals surface area contributed by atoms with E-state index in [-0.39, 0.29) is 6.04 Å². The van der Waals surface area contributed by atoms with Crippen molar-refractivity contribution in [2.24, 2.45) is 0 Å². The third kappa shape index (κ3) is 2.77. The summed E-state index contributed by atoms with van der Waals surface area (Å²) >= 11 is 0. The number of alkyl halides is 3. The minimum atomic E-state index is -4.49. The Balaban J connectivity index is 2.25. The minimum absolute atomic E-state index is 0.161. The van der Waals surface area contributed by atoms with Gasteiger partial charge in [0, 0.05) is 11.6 Å². The molecule has 1 aliphatic rings. The van der Waals surface area contributed by atoms with E-state index < -0.39 is 17.6 Å². The number of halogens is 4. The van der Waals surface area contributed by atoms with E-state index >= 15 is 0 Å². The van der Waals surface area contributed by atoms with Crippen LogP contribution in [0.1, 0.15) is 36.4 Å². The summed E-state index contributed by atoms with van der Waals surface area (Å²) in [5.74, 6) is -0.778. The number of hydrogen-bond acceptors (Lipinski definition) is 1. The molecule has 17 heavy (non-hydrogen) atoms. The summed E-state index contributed by atoms with van der Waals surface area (Å²) in [5.41, 5.74) is -0.604. The van der Waals surface area contributed by atoms with Crippen LogP contribution in [-0.2, 0) is 6.18 Å². The SMILES string of the molecule is Fc1cc(C(F)(F)F)ccc1[C@H]1CCCCN1. The summed E-state index contributed by atoms with van der Waals surface area (Å²) in [6.07, 6.45) is -1.72. The van der Waals surface area contributed by atoms with Crippen molar-refractivity contribution in [2.75, 3.05) is 6.54 Å². The Kier molecular flexibility index (Phi) is 3.38. The van der Waals surface area contributed by atoms with Crippen molar-refractivity contribution in [3.05, 3.63) is 35.1 Å². The lowest BCUT2D eigenvalue weighted by molar-refractivity contribution is -0.137. The zero-order valence-electron chi connectivity index (χ0n) is 9.15. The predicted octanol–water partition coefficient (Wildman–Crippen LogP) is 3.66. The summed E-state index contributed by atoms with van der Waals surface area (Å²) in [5, 5.41) is 3.11. The third-order valence-electron chi connectivity index (χ3n) is 3.01. The zero-order valence-corrected chi connectivity index (χ0v) is 9.15. The molecule has 2 rings (SSSR count). The molecule has 1 aliphatic heterocycles. The van der Waals surface area contributed by atoms with Gasteiger partial charge in [-0.15, -0.1) is 0 Å². The van der Waals surface area contributed by atoms with E-state index in [0.29, 0.717) is 11.6 Å². The Labute approximate surface area is 96.8 Å². The lowest BCUT2D eigenvalue weighted by Gasteiger charge is -2.24. The highest BCUT2D eigenvalue weighted by atomic mass is 19.4. The maximum absolute atomic E-state index is 13.6. The fraction of sp³-hybridized carbons (Fsp3) is 0.500. The van der Waals surface area contributed by atoms with E-state index in [1.54, 1.807) is 0 Å². The van der Waals surface area contributed by atoms with Crippen LogP contribution in [-0.4, -0.2) is 6.54 Å². The van der Waals surface area contributed by atoms with E-state index in [0.717, 1.165) is 31.9 Å². The number of nitrogens with one attached hydrogen (secondary N) is 1. The molecule has 1 N–H and O–H groups in total. The van der Waals surface area contributed by atoms with Gasteiger partial charge in [-0.1, -0.05) is 12.5 Å². The summed E-state index contributed by atoms with van der Waals surface area (Å²) in [7, 11) is 0. The van der Waals surface area contributed by atoms with Crippen molar-refractivity contribution >= 4 is 0 Å². The molecule has 0 spiro atoms. The molecule has 0 aliphatic carbocycles. The predicted molar refractivity (Wildman–Crippen MR) is 56.0 cm³/mol. The molecule has 1 saturated heterocycles. The van der Waals surface area contributed by atoms with Crippen LogP contribution in [0.4, 0.5) is 17.6 Å². The maximum atomic E-state index is 13.6. The Morgan fingerprint density at radius 3 is 2.47 bits per heavy atom. The topological polar surface area (TPSA) is 12.0 Å². The van der Waals surface area contributed by atoms with Gasteiger partial charge in [-0.2, -0.15) is 13.2 Å². The van der Waals surface area contributed by atoms with Gasteiger partial charge in [-0.05, 0) is 31.5 Å². The summed E-state index contributed by atoms with van der Waals surface area (Å²) < 4.78 is 50.7. The van der Waals surface area contributed by atoms with Crippen LogP contribution in [0.5, 0.6) is 0 Å². The molecule has 1 nitrogen and oxygen atoms in total. The Morgan fingerprint density at radius 1 is 1.18 bits per heavy atom.